The van der Waals surface area contributed by atoms with Gasteiger partial charge in [0.15, 0.2) is 11.6 Å². The summed E-state index contributed by atoms with van der Waals surface area (Å²) in [6, 6.07) is 6.19. The Kier molecular flexibility index (Phi) is 2.45. The predicted octanol–water partition coefficient (Wildman–Crippen LogP) is 3.03. The molecule has 0 saturated carbocycles. The standard InChI is InChI=1S/C13H8F3N3/c14-8-4-12-13(5-9(8)15)19(6-18-12)7-1-2-11(17)10(16)3-7/h1-6H,17H2. The molecule has 3 aromatic rings. The van der Waals surface area contributed by atoms with Crippen LogP contribution in [0.5, 0.6) is 0 Å². The number of benzene rings is 2. The molecule has 19 heavy (non-hydrogen) atoms. The van der Waals surface area contributed by atoms with Gasteiger partial charge in [-0.25, -0.2) is 18.2 Å². The van der Waals surface area contributed by atoms with Crippen LogP contribution < -0.4 is 5.73 Å². The van der Waals surface area contributed by atoms with Crippen molar-refractivity contribution >= 4 is 16.7 Å². The highest BCUT2D eigenvalue weighted by Gasteiger charge is 2.11. The number of nitrogen functional groups attached to an aromatic ring is 1. The Labute approximate surface area is 106 Å². The maximum atomic E-state index is 13.4. The molecule has 0 spiro atoms. The highest BCUT2D eigenvalue weighted by molar-refractivity contribution is 5.77. The van der Waals surface area contributed by atoms with Gasteiger partial charge in [0.1, 0.15) is 12.1 Å². The monoisotopic (exact) mass is 263 g/mol. The van der Waals surface area contributed by atoms with E-state index in [4.69, 9.17) is 5.73 Å². The second-order valence-corrected chi connectivity index (χ2v) is 4.08. The fourth-order valence-corrected chi connectivity index (χ4v) is 1.88. The Morgan fingerprint density at radius 1 is 0.947 bits per heavy atom. The van der Waals surface area contributed by atoms with Crippen LogP contribution in [-0.4, -0.2) is 9.55 Å². The van der Waals surface area contributed by atoms with Crippen molar-refractivity contribution in [1.29, 1.82) is 0 Å². The topological polar surface area (TPSA) is 43.8 Å². The zero-order valence-electron chi connectivity index (χ0n) is 9.57. The summed E-state index contributed by atoms with van der Waals surface area (Å²) in [5, 5.41) is 0. The number of nitrogens with two attached hydrogens (primary N) is 1. The molecule has 2 N–H and O–H groups in total. The summed E-state index contributed by atoms with van der Waals surface area (Å²) in [4.78, 5) is 3.95. The molecule has 0 atom stereocenters. The second-order valence-electron chi connectivity index (χ2n) is 4.08. The number of hydrogen-bond donors (Lipinski definition) is 1. The minimum Gasteiger partial charge on any atom is -0.396 e. The zero-order chi connectivity index (χ0) is 13.6. The van der Waals surface area contributed by atoms with Crippen LogP contribution in [0.3, 0.4) is 0 Å². The van der Waals surface area contributed by atoms with Gasteiger partial charge >= 0.3 is 0 Å². The maximum Gasteiger partial charge on any atom is 0.161 e. The van der Waals surface area contributed by atoms with Crippen LogP contribution in [0.1, 0.15) is 0 Å². The molecule has 0 bridgehead atoms. The van der Waals surface area contributed by atoms with E-state index in [0.29, 0.717) is 11.2 Å². The van der Waals surface area contributed by atoms with E-state index in [1.54, 1.807) is 6.07 Å². The third-order valence-corrected chi connectivity index (χ3v) is 2.85. The molecule has 3 rings (SSSR count). The van der Waals surface area contributed by atoms with Crippen molar-refractivity contribution < 1.29 is 13.2 Å². The number of anilines is 1. The van der Waals surface area contributed by atoms with Gasteiger partial charge in [-0.15, -0.1) is 0 Å². The number of halogens is 3. The Morgan fingerprint density at radius 2 is 1.68 bits per heavy atom. The lowest BCUT2D eigenvalue weighted by molar-refractivity contribution is 0.510. The summed E-state index contributed by atoms with van der Waals surface area (Å²) in [7, 11) is 0. The second kappa shape index (κ2) is 4.01. The van der Waals surface area contributed by atoms with E-state index in [2.05, 4.69) is 4.98 Å². The van der Waals surface area contributed by atoms with Gasteiger partial charge in [0, 0.05) is 18.2 Å². The van der Waals surface area contributed by atoms with Crippen LogP contribution in [-0.2, 0) is 0 Å². The number of aromatic nitrogens is 2. The molecule has 1 heterocycles. The lowest BCUT2D eigenvalue weighted by Crippen LogP contribution is -1.96. The van der Waals surface area contributed by atoms with Crippen molar-refractivity contribution in [3.05, 3.63) is 54.1 Å². The molecule has 2 aromatic carbocycles. The van der Waals surface area contributed by atoms with Crippen molar-refractivity contribution in [2.24, 2.45) is 0 Å². The quantitative estimate of drug-likeness (QED) is 0.686. The van der Waals surface area contributed by atoms with Gasteiger partial charge in [-0.3, -0.25) is 4.57 Å². The number of nitrogens with zero attached hydrogens (tertiary/aromatic N) is 2. The zero-order valence-corrected chi connectivity index (χ0v) is 9.57. The average Bonchev–Trinajstić information content (AvgIpc) is 2.76. The van der Waals surface area contributed by atoms with E-state index in [0.717, 1.165) is 12.1 Å². The van der Waals surface area contributed by atoms with E-state index in [1.165, 1.54) is 23.0 Å². The highest BCUT2D eigenvalue weighted by Crippen LogP contribution is 2.22. The van der Waals surface area contributed by atoms with E-state index in [-0.39, 0.29) is 11.2 Å². The Balaban J connectivity index is 2.25. The summed E-state index contributed by atoms with van der Waals surface area (Å²) in [6.07, 6.45) is 1.37. The van der Waals surface area contributed by atoms with Gasteiger partial charge in [-0.05, 0) is 12.1 Å². The molecule has 96 valence electrons. The molecule has 6 heteroatoms. The molecular weight excluding hydrogens is 255 g/mol. The van der Waals surface area contributed by atoms with Gasteiger partial charge < -0.3 is 5.73 Å². The van der Waals surface area contributed by atoms with Gasteiger partial charge in [-0.2, -0.15) is 0 Å². The smallest absolute Gasteiger partial charge is 0.161 e. The van der Waals surface area contributed by atoms with Gasteiger partial charge in [0.2, 0.25) is 0 Å². The third kappa shape index (κ3) is 1.81. The molecule has 0 aliphatic carbocycles. The van der Waals surface area contributed by atoms with Crippen molar-refractivity contribution in [3.8, 4) is 5.69 Å². The van der Waals surface area contributed by atoms with Gasteiger partial charge in [-0.1, -0.05) is 0 Å². The van der Waals surface area contributed by atoms with Crippen LogP contribution in [0.25, 0.3) is 16.7 Å². The molecule has 3 nitrogen and oxygen atoms in total. The lowest BCUT2D eigenvalue weighted by atomic mass is 10.2. The first kappa shape index (κ1) is 11.6. The summed E-state index contributed by atoms with van der Waals surface area (Å²) in [6.45, 7) is 0. The first-order valence-electron chi connectivity index (χ1n) is 5.44. The molecule has 0 unspecified atom stereocenters. The number of rotatable bonds is 1. The normalized spacial score (nSPS) is 11.1. The minimum atomic E-state index is -0.981. The van der Waals surface area contributed by atoms with Crippen LogP contribution in [0.4, 0.5) is 18.9 Å². The fraction of sp³-hybridized carbons (Fsp3) is 0. The van der Waals surface area contributed by atoms with Gasteiger partial charge in [0.25, 0.3) is 0 Å². The van der Waals surface area contributed by atoms with Crippen LogP contribution in [0, 0.1) is 17.5 Å². The molecule has 0 amide bonds. The molecule has 1 aromatic heterocycles. The Morgan fingerprint density at radius 3 is 2.42 bits per heavy atom. The molecule has 0 aliphatic heterocycles. The SMILES string of the molecule is Nc1ccc(-n2cnc3cc(F)c(F)cc32)cc1F. The van der Waals surface area contributed by atoms with E-state index >= 15 is 0 Å². The van der Waals surface area contributed by atoms with Crippen LogP contribution in [0.2, 0.25) is 0 Å². The minimum absolute atomic E-state index is 0.0189. The summed E-state index contributed by atoms with van der Waals surface area (Å²) in [5.74, 6) is -2.53. The third-order valence-electron chi connectivity index (χ3n) is 2.85. The molecule has 0 radical (unpaired) electrons. The Hall–Kier alpha value is -2.50. The van der Waals surface area contributed by atoms with E-state index in [1.807, 2.05) is 0 Å². The highest BCUT2D eigenvalue weighted by atomic mass is 19.2. The van der Waals surface area contributed by atoms with Crippen molar-refractivity contribution in [1.82, 2.24) is 9.55 Å². The largest absolute Gasteiger partial charge is 0.396 e. The summed E-state index contributed by atoms with van der Waals surface area (Å²) in [5.41, 5.74) is 6.48. The number of hydrogen-bond acceptors (Lipinski definition) is 2. The van der Waals surface area contributed by atoms with Gasteiger partial charge in [0.05, 0.1) is 22.4 Å². The average molecular weight is 263 g/mol. The molecule has 0 fully saturated rings. The number of fused-ring (bicyclic) bond motifs is 1. The number of imidazole rings is 1. The first-order chi connectivity index (χ1) is 9.06. The van der Waals surface area contributed by atoms with Crippen LogP contribution in [0.15, 0.2) is 36.7 Å². The summed E-state index contributed by atoms with van der Waals surface area (Å²) >= 11 is 0. The van der Waals surface area contributed by atoms with Crippen molar-refractivity contribution in [2.75, 3.05) is 5.73 Å². The molecular formula is C13H8F3N3. The van der Waals surface area contributed by atoms with Crippen LogP contribution >= 0.6 is 0 Å². The van der Waals surface area contributed by atoms with Crippen molar-refractivity contribution in [2.45, 2.75) is 0 Å². The maximum absolute atomic E-state index is 13.4. The molecule has 0 aliphatic rings. The van der Waals surface area contributed by atoms with E-state index in [9.17, 15) is 13.2 Å². The predicted molar refractivity (Wildman–Crippen MR) is 65.4 cm³/mol. The van der Waals surface area contributed by atoms with Crippen molar-refractivity contribution in [3.63, 3.8) is 0 Å². The first-order valence-corrected chi connectivity index (χ1v) is 5.44. The fourth-order valence-electron chi connectivity index (χ4n) is 1.88. The lowest BCUT2D eigenvalue weighted by Gasteiger charge is -2.06. The molecule has 0 saturated heterocycles. The Bertz CT molecular complexity index is 780. The van der Waals surface area contributed by atoms with E-state index < -0.39 is 17.5 Å². The summed E-state index contributed by atoms with van der Waals surface area (Å²) < 4.78 is 41.2.